The van der Waals surface area contributed by atoms with E-state index in [0.29, 0.717) is 29.9 Å². The molecule has 2 aromatic carbocycles. The van der Waals surface area contributed by atoms with E-state index in [0.717, 1.165) is 10.1 Å². The molecule has 0 aliphatic heterocycles. The average molecular weight is 489 g/mol. The number of hydrogen-bond acceptors (Lipinski definition) is 6. The van der Waals surface area contributed by atoms with E-state index in [1.165, 1.54) is 10.9 Å². The number of hydrogen-bond donors (Lipinski definition) is 3. The molecule has 0 spiro atoms. The van der Waals surface area contributed by atoms with Gasteiger partial charge in [-0.2, -0.15) is 0 Å². The molecule has 0 aliphatic carbocycles. The zero-order valence-electron chi connectivity index (χ0n) is 19.4. The van der Waals surface area contributed by atoms with Crippen LogP contribution >= 0.6 is 0 Å². The van der Waals surface area contributed by atoms with Crippen LogP contribution in [0.2, 0.25) is 0 Å². The summed E-state index contributed by atoms with van der Waals surface area (Å²) in [7, 11) is 1.55. The maximum Gasteiger partial charge on any atom is 0.333 e. The first-order chi connectivity index (χ1) is 17.4. The van der Waals surface area contributed by atoms with Crippen LogP contribution in [0.5, 0.6) is 0 Å². The number of carbonyl (C=O) groups is 1. The molecule has 0 fully saturated rings. The van der Waals surface area contributed by atoms with E-state index in [1.807, 2.05) is 30.3 Å². The molecule has 0 unspecified atom stereocenters. The number of nitrogens with one attached hydrogen (secondary N) is 3. The van der Waals surface area contributed by atoms with Gasteiger partial charge in [-0.25, -0.2) is 19.1 Å². The number of anilines is 1. The summed E-state index contributed by atoms with van der Waals surface area (Å²) in [5.41, 5.74) is 1.18. The van der Waals surface area contributed by atoms with Crippen molar-refractivity contribution < 1.29 is 9.53 Å². The fraction of sp³-hybridized carbons (Fsp3) is 0.208. The highest BCUT2D eigenvalue weighted by Crippen LogP contribution is 2.15. The van der Waals surface area contributed by atoms with Gasteiger partial charge in [0.1, 0.15) is 6.54 Å². The molecule has 5 rings (SSSR count). The van der Waals surface area contributed by atoms with Crippen molar-refractivity contribution in [2.75, 3.05) is 19.0 Å². The quantitative estimate of drug-likeness (QED) is 0.294. The second kappa shape index (κ2) is 9.50. The Morgan fingerprint density at radius 3 is 2.58 bits per heavy atom. The number of ether oxygens (including phenoxy) is 1. The summed E-state index contributed by atoms with van der Waals surface area (Å²) in [6.45, 7) is 0.371. The van der Waals surface area contributed by atoms with Crippen LogP contribution in [0.3, 0.4) is 0 Å². The lowest BCUT2D eigenvalue weighted by Gasteiger charge is -2.13. The van der Waals surface area contributed by atoms with Crippen LogP contribution < -0.4 is 22.3 Å². The van der Waals surface area contributed by atoms with Gasteiger partial charge in [0.2, 0.25) is 5.91 Å². The number of fused-ring (bicyclic) bond motifs is 2. The molecule has 0 radical (unpaired) electrons. The van der Waals surface area contributed by atoms with Gasteiger partial charge in [-0.15, -0.1) is 0 Å². The van der Waals surface area contributed by atoms with Crippen molar-refractivity contribution in [3.63, 3.8) is 0 Å². The lowest BCUT2D eigenvalue weighted by atomic mass is 10.2. The van der Waals surface area contributed by atoms with E-state index in [9.17, 15) is 19.2 Å². The van der Waals surface area contributed by atoms with Crippen LogP contribution in [-0.4, -0.2) is 48.3 Å². The van der Waals surface area contributed by atoms with Crippen LogP contribution in [0.15, 0.2) is 69.2 Å². The summed E-state index contributed by atoms with van der Waals surface area (Å²) >= 11 is 0. The van der Waals surface area contributed by atoms with Gasteiger partial charge in [0.15, 0.2) is 11.2 Å². The second-order valence-electron chi connectivity index (χ2n) is 8.24. The van der Waals surface area contributed by atoms with E-state index in [1.54, 1.807) is 29.9 Å². The van der Waals surface area contributed by atoms with Gasteiger partial charge in [0.25, 0.3) is 5.56 Å². The van der Waals surface area contributed by atoms with Gasteiger partial charge in [-0.1, -0.05) is 30.3 Å². The van der Waals surface area contributed by atoms with Crippen LogP contribution in [0.1, 0.15) is 5.56 Å². The lowest BCUT2D eigenvalue weighted by Crippen LogP contribution is -2.43. The van der Waals surface area contributed by atoms with Crippen LogP contribution in [-0.2, 0) is 29.2 Å². The summed E-state index contributed by atoms with van der Waals surface area (Å²) in [6, 6.07) is 14.1. The van der Waals surface area contributed by atoms with Crippen molar-refractivity contribution >= 4 is 33.8 Å². The minimum Gasteiger partial charge on any atom is -0.383 e. The highest BCUT2D eigenvalue weighted by Gasteiger charge is 2.20. The molecule has 5 aromatic rings. The topological polar surface area (TPSA) is 149 Å². The number of imidazole rings is 2. The Morgan fingerprint density at radius 1 is 1.03 bits per heavy atom. The van der Waals surface area contributed by atoms with Crippen molar-refractivity contribution in [1.82, 2.24) is 28.7 Å². The Morgan fingerprint density at radius 2 is 1.81 bits per heavy atom. The van der Waals surface area contributed by atoms with Gasteiger partial charge in [0.05, 0.1) is 30.5 Å². The Balaban J connectivity index is 1.53. The van der Waals surface area contributed by atoms with Crippen LogP contribution in [0.4, 0.5) is 5.69 Å². The molecule has 12 heteroatoms. The minimum atomic E-state index is -0.645. The second-order valence-corrected chi connectivity index (χ2v) is 8.24. The summed E-state index contributed by atoms with van der Waals surface area (Å²) in [5.74, 6) is -0.569. The number of aromatic amines is 2. The van der Waals surface area contributed by atoms with Crippen LogP contribution in [0, 0.1) is 0 Å². The number of aromatic nitrogens is 6. The minimum absolute atomic E-state index is 0.177. The zero-order chi connectivity index (χ0) is 25.2. The number of nitrogens with zero attached hydrogens (tertiary/aromatic N) is 4. The van der Waals surface area contributed by atoms with E-state index in [4.69, 9.17) is 4.74 Å². The number of amides is 1. The highest BCUT2D eigenvalue weighted by atomic mass is 16.5. The van der Waals surface area contributed by atoms with Crippen molar-refractivity contribution in [3.8, 4) is 0 Å². The smallest absolute Gasteiger partial charge is 0.333 e. The molecule has 184 valence electrons. The molecule has 0 aliphatic rings. The first kappa shape index (κ1) is 23.1. The zero-order valence-corrected chi connectivity index (χ0v) is 19.4. The van der Waals surface area contributed by atoms with Crippen molar-refractivity contribution in [1.29, 1.82) is 0 Å². The molecule has 0 saturated heterocycles. The molecule has 3 N–H and O–H groups in total. The largest absolute Gasteiger partial charge is 0.383 e. The molecular formula is C24H23N7O5. The number of benzene rings is 2. The monoisotopic (exact) mass is 489 g/mol. The van der Waals surface area contributed by atoms with Crippen molar-refractivity contribution in [3.05, 3.63) is 91.7 Å². The Labute approximate surface area is 202 Å². The first-order valence-corrected chi connectivity index (χ1v) is 11.2. The fourth-order valence-corrected chi connectivity index (χ4v) is 4.10. The first-order valence-electron chi connectivity index (χ1n) is 11.2. The Hall–Kier alpha value is -4.71. The van der Waals surface area contributed by atoms with Gasteiger partial charge in [-0.05, 0) is 23.8 Å². The number of rotatable bonds is 8. The Bertz CT molecular complexity index is 1740. The van der Waals surface area contributed by atoms with E-state index in [-0.39, 0.29) is 23.4 Å². The average Bonchev–Trinajstić information content (AvgIpc) is 3.46. The molecule has 1 amide bonds. The molecule has 0 bridgehead atoms. The predicted octanol–water partition coefficient (Wildman–Crippen LogP) is 0.863. The highest BCUT2D eigenvalue weighted by molar-refractivity contribution is 5.93. The molecule has 36 heavy (non-hydrogen) atoms. The third-order valence-electron chi connectivity index (χ3n) is 5.80. The van der Waals surface area contributed by atoms with Gasteiger partial charge in [0, 0.05) is 19.3 Å². The standard InChI is InChI=1S/C24H23N7O5/c1-36-10-9-29-14-25-21-20(29)22(33)31(24(35)30(21)12-15-5-3-2-4-6-15)13-19(32)26-16-7-8-17-18(11-16)28-23(34)27-17/h2-8,11,14H,9-10,12-13H2,1H3,(H,26,32)(H2,27,28,34). The van der Waals surface area contributed by atoms with Gasteiger partial charge in [-0.3, -0.25) is 14.2 Å². The Kier molecular flexibility index (Phi) is 6.09. The molecule has 3 aromatic heterocycles. The maximum absolute atomic E-state index is 13.4. The molecule has 0 saturated carbocycles. The summed E-state index contributed by atoms with van der Waals surface area (Å²) in [4.78, 5) is 60.8. The van der Waals surface area contributed by atoms with E-state index >= 15 is 0 Å². The van der Waals surface area contributed by atoms with Crippen molar-refractivity contribution in [2.24, 2.45) is 0 Å². The maximum atomic E-state index is 13.4. The molecule has 12 nitrogen and oxygen atoms in total. The molecule has 3 heterocycles. The third-order valence-corrected chi connectivity index (χ3v) is 5.80. The van der Waals surface area contributed by atoms with Crippen LogP contribution in [0.25, 0.3) is 22.2 Å². The molecular weight excluding hydrogens is 466 g/mol. The summed E-state index contributed by atoms with van der Waals surface area (Å²) in [5, 5.41) is 2.68. The normalized spacial score (nSPS) is 11.4. The van der Waals surface area contributed by atoms with E-state index < -0.39 is 23.7 Å². The predicted molar refractivity (Wildman–Crippen MR) is 133 cm³/mol. The number of methoxy groups -OCH3 is 1. The fourth-order valence-electron chi connectivity index (χ4n) is 4.10. The lowest BCUT2D eigenvalue weighted by molar-refractivity contribution is -0.116. The van der Waals surface area contributed by atoms with Gasteiger partial charge >= 0.3 is 11.4 Å². The SMILES string of the molecule is COCCn1cnc2c1c(=O)n(CC(=O)Nc1ccc3[nH]c(=O)[nH]c3c1)c(=O)n2Cc1ccccc1. The summed E-state index contributed by atoms with van der Waals surface area (Å²) in [6.07, 6.45) is 1.49. The van der Waals surface area contributed by atoms with Crippen molar-refractivity contribution in [2.45, 2.75) is 19.6 Å². The van der Waals surface area contributed by atoms with E-state index in [2.05, 4.69) is 20.3 Å². The number of carbonyl (C=O) groups excluding carboxylic acids is 1. The van der Waals surface area contributed by atoms with Gasteiger partial charge < -0.3 is 24.6 Å². The summed E-state index contributed by atoms with van der Waals surface area (Å²) < 4.78 is 9.04. The third kappa shape index (κ3) is 4.36. The molecule has 0 atom stereocenters. The number of H-pyrrole nitrogens is 2.